The predicted octanol–water partition coefficient (Wildman–Crippen LogP) is 3.37. The van der Waals surface area contributed by atoms with Gasteiger partial charge in [-0.3, -0.25) is 4.79 Å². The van der Waals surface area contributed by atoms with E-state index in [1.54, 1.807) is 47.1 Å². The van der Waals surface area contributed by atoms with E-state index in [9.17, 15) is 9.59 Å². The number of anilines is 1. The molecule has 132 valence electrons. The van der Waals surface area contributed by atoms with Gasteiger partial charge >= 0.3 is 5.97 Å². The maximum absolute atomic E-state index is 12.0. The molecule has 0 aliphatic carbocycles. The second kappa shape index (κ2) is 7.99. The number of ether oxygens (including phenoxy) is 1. The Labute approximate surface area is 158 Å². The summed E-state index contributed by atoms with van der Waals surface area (Å²) in [5.41, 5.74) is 1.32. The molecule has 0 aliphatic heterocycles. The number of para-hydroxylation sites is 1. The molecule has 9 heteroatoms. The molecule has 1 aromatic heterocycles. The number of carbonyl (C=O) groups is 2. The van der Waals surface area contributed by atoms with Gasteiger partial charge in [-0.2, -0.15) is 5.10 Å². The van der Waals surface area contributed by atoms with Crippen LogP contribution < -0.4 is 5.32 Å². The monoisotopic (exact) mass is 390 g/mol. The molecule has 2 aromatic carbocycles. The lowest BCUT2D eigenvalue weighted by molar-refractivity contribution is -0.119. The molecule has 0 bridgehead atoms. The van der Waals surface area contributed by atoms with Crippen molar-refractivity contribution in [1.82, 2.24) is 14.8 Å². The van der Waals surface area contributed by atoms with Gasteiger partial charge in [0.1, 0.15) is 12.7 Å². The van der Waals surface area contributed by atoms with Crippen molar-refractivity contribution in [3.63, 3.8) is 0 Å². The summed E-state index contributed by atoms with van der Waals surface area (Å²) in [5, 5.41) is 7.09. The van der Waals surface area contributed by atoms with E-state index in [2.05, 4.69) is 15.4 Å². The van der Waals surface area contributed by atoms with Gasteiger partial charge in [-0.25, -0.2) is 14.5 Å². The Bertz CT molecular complexity index is 907. The lowest BCUT2D eigenvalue weighted by atomic mass is 10.2. The Hall–Kier alpha value is -2.90. The highest BCUT2D eigenvalue weighted by molar-refractivity contribution is 6.39. The minimum Gasteiger partial charge on any atom is -0.452 e. The Balaban J connectivity index is 1.57. The molecule has 26 heavy (non-hydrogen) atoms. The molecule has 0 unspecified atom stereocenters. The van der Waals surface area contributed by atoms with Crippen LogP contribution in [0.4, 0.5) is 5.69 Å². The van der Waals surface area contributed by atoms with Crippen molar-refractivity contribution < 1.29 is 14.3 Å². The van der Waals surface area contributed by atoms with Crippen LogP contribution in [-0.2, 0) is 9.53 Å². The number of benzene rings is 2. The maximum Gasteiger partial charge on any atom is 0.338 e. The van der Waals surface area contributed by atoms with Crippen molar-refractivity contribution in [1.29, 1.82) is 0 Å². The minimum absolute atomic E-state index is 0.272. The third-order valence-corrected chi connectivity index (χ3v) is 3.98. The SMILES string of the molecule is O=C(COC(=O)c1ccc(-n2cncn2)cc1)Nc1c(Cl)cccc1Cl. The first kappa shape index (κ1) is 17.9. The van der Waals surface area contributed by atoms with E-state index in [-0.39, 0.29) is 5.69 Å². The molecule has 0 atom stereocenters. The second-order valence-corrected chi connectivity index (χ2v) is 5.92. The van der Waals surface area contributed by atoms with Crippen LogP contribution in [0.1, 0.15) is 10.4 Å². The summed E-state index contributed by atoms with van der Waals surface area (Å²) in [6.45, 7) is -0.467. The number of halogens is 2. The van der Waals surface area contributed by atoms with Gasteiger partial charge in [-0.15, -0.1) is 0 Å². The summed E-state index contributed by atoms with van der Waals surface area (Å²) >= 11 is 11.9. The Kier molecular flexibility index (Phi) is 5.50. The van der Waals surface area contributed by atoms with Crippen molar-refractivity contribution in [2.45, 2.75) is 0 Å². The molecule has 1 amide bonds. The van der Waals surface area contributed by atoms with Gasteiger partial charge in [0, 0.05) is 0 Å². The molecule has 0 aliphatic rings. The fourth-order valence-electron chi connectivity index (χ4n) is 2.10. The highest BCUT2D eigenvalue weighted by Gasteiger charge is 2.13. The second-order valence-electron chi connectivity index (χ2n) is 5.11. The number of aromatic nitrogens is 3. The standard InChI is InChI=1S/C17H12Cl2N4O3/c18-13-2-1-3-14(19)16(13)22-15(24)8-26-17(25)11-4-6-12(7-5-11)23-10-20-9-21-23/h1-7,9-10H,8H2,(H,22,24). The average molecular weight is 391 g/mol. The van der Waals surface area contributed by atoms with Crippen LogP contribution >= 0.6 is 23.2 Å². The lowest BCUT2D eigenvalue weighted by Crippen LogP contribution is -2.21. The smallest absolute Gasteiger partial charge is 0.338 e. The molecular formula is C17H12Cl2N4O3. The van der Waals surface area contributed by atoms with E-state index in [1.165, 1.54) is 12.7 Å². The van der Waals surface area contributed by atoms with Crippen LogP contribution in [0.25, 0.3) is 5.69 Å². The van der Waals surface area contributed by atoms with Gasteiger partial charge in [0.2, 0.25) is 0 Å². The van der Waals surface area contributed by atoms with Gasteiger partial charge in [-0.05, 0) is 36.4 Å². The molecule has 7 nitrogen and oxygen atoms in total. The van der Waals surface area contributed by atoms with E-state index in [0.717, 1.165) is 5.69 Å². The van der Waals surface area contributed by atoms with Gasteiger partial charge in [0.05, 0.1) is 27.0 Å². The molecule has 3 rings (SSSR count). The summed E-state index contributed by atoms with van der Waals surface area (Å²) in [6.07, 6.45) is 2.95. The summed E-state index contributed by atoms with van der Waals surface area (Å²) in [6, 6.07) is 11.4. The number of hydrogen-bond donors (Lipinski definition) is 1. The quantitative estimate of drug-likeness (QED) is 0.674. The van der Waals surface area contributed by atoms with E-state index in [0.29, 0.717) is 15.6 Å². The normalized spacial score (nSPS) is 10.4. The van der Waals surface area contributed by atoms with Crippen molar-refractivity contribution >= 4 is 40.8 Å². The van der Waals surface area contributed by atoms with Gasteiger partial charge in [-0.1, -0.05) is 29.3 Å². The van der Waals surface area contributed by atoms with E-state index < -0.39 is 18.5 Å². The zero-order chi connectivity index (χ0) is 18.5. The third-order valence-electron chi connectivity index (χ3n) is 3.35. The van der Waals surface area contributed by atoms with Crippen molar-refractivity contribution in [3.8, 4) is 5.69 Å². The number of esters is 1. The summed E-state index contributed by atoms with van der Waals surface area (Å²) in [7, 11) is 0. The number of hydrogen-bond acceptors (Lipinski definition) is 5. The van der Waals surface area contributed by atoms with Crippen molar-refractivity contribution in [2.24, 2.45) is 0 Å². The minimum atomic E-state index is -0.629. The number of nitrogens with zero attached hydrogens (tertiary/aromatic N) is 3. The summed E-state index contributed by atoms with van der Waals surface area (Å²) in [5.74, 6) is -1.18. The molecule has 3 aromatic rings. The van der Waals surface area contributed by atoms with Gasteiger partial charge < -0.3 is 10.1 Å². The zero-order valence-electron chi connectivity index (χ0n) is 13.2. The summed E-state index contributed by atoms with van der Waals surface area (Å²) < 4.78 is 6.55. The lowest BCUT2D eigenvalue weighted by Gasteiger charge is -2.09. The fourth-order valence-corrected chi connectivity index (χ4v) is 2.59. The zero-order valence-corrected chi connectivity index (χ0v) is 14.7. The molecule has 1 heterocycles. The van der Waals surface area contributed by atoms with Gasteiger partial charge in [0.15, 0.2) is 6.61 Å². The van der Waals surface area contributed by atoms with Crippen molar-refractivity contribution in [3.05, 3.63) is 70.7 Å². The molecule has 0 saturated carbocycles. The molecule has 0 radical (unpaired) electrons. The Morgan fingerprint density at radius 1 is 1.08 bits per heavy atom. The van der Waals surface area contributed by atoms with Crippen LogP contribution in [0.5, 0.6) is 0 Å². The van der Waals surface area contributed by atoms with Crippen LogP contribution in [0, 0.1) is 0 Å². The van der Waals surface area contributed by atoms with Crippen LogP contribution in [0.2, 0.25) is 10.0 Å². The average Bonchev–Trinajstić information content (AvgIpc) is 3.18. The van der Waals surface area contributed by atoms with E-state index in [1.807, 2.05) is 0 Å². The molecule has 0 saturated heterocycles. The molecule has 1 N–H and O–H groups in total. The molecule has 0 fully saturated rings. The highest BCUT2D eigenvalue weighted by Crippen LogP contribution is 2.29. The third kappa shape index (κ3) is 4.19. The van der Waals surface area contributed by atoms with E-state index in [4.69, 9.17) is 27.9 Å². The fraction of sp³-hybridized carbons (Fsp3) is 0.0588. The van der Waals surface area contributed by atoms with Crippen LogP contribution in [-0.4, -0.2) is 33.2 Å². The highest BCUT2D eigenvalue weighted by atomic mass is 35.5. The van der Waals surface area contributed by atoms with Gasteiger partial charge in [0.25, 0.3) is 5.91 Å². The first-order valence-electron chi connectivity index (χ1n) is 7.40. The first-order chi connectivity index (χ1) is 12.5. The van der Waals surface area contributed by atoms with E-state index >= 15 is 0 Å². The first-order valence-corrected chi connectivity index (χ1v) is 8.16. The number of rotatable bonds is 5. The topological polar surface area (TPSA) is 86.1 Å². The number of carbonyl (C=O) groups excluding carboxylic acids is 2. The van der Waals surface area contributed by atoms with Crippen LogP contribution in [0.15, 0.2) is 55.1 Å². The molecule has 0 spiro atoms. The Morgan fingerprint density at radius 2 is 1.77 bits per heavy atom. The molecular weight excluding hydrogens is 379 g/mol. The Morgan fingerprint density at radius 3 is 2.38 bits per heavy atom. The number of nitrogens with one attached hydrogen (secondary N) is 1. The predicted molar refractivity (Wildman–Crippen MR) is 96.7 cm³/mol. The number of amides is 1. The largest absolute Gasteiger partial charge is 0.452 e. The van der Waals surface area contributed by atoms with Crippen LogP contribution in [0.3, 0.4) is 0 Å². The maximum atomic E-state index is 12.0. The summed E-state index contributed by atoms with van der Waals surface area (Å²) in [4.78, 5) is 27.8. The van der Waals surface area contributed by atoms with Crippen molar-refractivity contribution in [2.75, 3.05) is 11.9 Å².